The van der Waals surface area contributed by atoms with E-state index in [2.05, 4.69) is 10.3 Å². The summed E-state index contributed by atoms with van der Waals surface area (Å²) < 4.78 is 10.9. The number of benzene rings is 1. The number of amidine groups is 1. The fourth-order valence-electron chi connectivity index (χ4n) is 1.89. The number of ether oxygens (including phenoxy) is 2. The van der Waals surface area contributed by atoms with Gasteiger partial charge in [0.2, 0.25) is 0 Å². The summed E-state index contributed by atoms with van der Waals surface area (Å²) in [5.41, 5.74) is 1.27. The molecule has 2 aliphatic heterocycles. The van der Waals surface area contributed by atoms with Crippen molar-refractivity contribution in [2.75, 3.05) is 13.2 Å². The van der Waals surface area contributed by atoms with Gasteiger partial charge in [0.15, 0.2) is 11.5 Å². The molecule has 0 unspecified atom stereocenters. The lowest BCUT2D eigenvalue weighted by Crippen LogP contribution is -2.21. The van der Waals surface area contributed by atoms with Crippen LogP contribution in [0.4, 0.5) is 0 Å². The molecule has 0 radical (unpaired) electrons. The maximum Gasteiger partial charge on any atom is 0.275 e. The number of fused-ring (bicyclic) bond motifs is 1. The normalized spacial score (nSPS) is 19.7. The van der Waals surface area contributed by atoms with Crippen molar-refractivity contribution in [3.63, 3.8) is 0 Å². The Kier molecular flexibility index (Phi) is 2.51. The van der Waals surface area contributed by atoms with Gasteiger partial charge in [-0.25, -0.2) is 4.99 Å². The first-order valence-electron chi connectivity index (χ1n) is 5.70. The Morgan fingerprint density at radius 1 is 1.28 bits per heavy atom. The summed E-state index contributed by atoms with van der Waals surface area (Å²) in [6, 6.07) is 5.55. The number of aliphatic imine (C=N–C) groups is 1. The molecule has 0 saturated carbocycles. The van der Waals surface area contributed by atoms with Crippen LogP contribution < -0.4 is 14.8 Å². The molecule has 0 spiro atoms. The van der Waals surface area contributed by atoms with Crippen LogP contribution in [-0.2, 0) is 4.79 Å². The van der Waals surface area contributed by atoms with Crippen LogP contribution in [0.5, 0.6) is 11.5 Å². The lowest BCUT2D eigenvalue weighted by atomic mass is 10.1. The number of amides is 1. The summed E-state index contributed by atoms with van der Waals surface area (Å²) in [6.45, 7) is 2.87. The van der Waals surface area contributed by atoms with Gasteiger partial charge in [-0.3, -0.25) is 4.79 Å². The van der Waals surface area contributed by atoms with Gasteiger partial charge in [0.1, 0.15) is 24.7 Å². The van der Waals surface area contributed by atoms with Gasteiger partial charge < -0.3 is 14.8 Å². The first kappa shape index (κ1) is 10.8. The van der Waals surface area contributed by atoms with Gasteiger partial charge >= 0.3 is 0 Å². The minimum absolute atomic E-state index is 0.178. The highest BCUT2D eigenvalue weighted by molar-refractivity contribution is 6.13. The van der Waals surface area contributed by atoms with Gasteiger partial charge in [0.05, 0.1) is 0 Å². The van der Waals surface area contributed by atoms with E-state index in [1.807, 2.05) is 18.2 Å². The van der Waals surface area contributed by atoms with Crippen LogP contribution >= 0.6 is 0 Å². The Morgan fingerprint density at radius 2 is 2.06 bits per heavy atom. The van der Waals surface area contributed by atoms with Gasteiger partial charge in [-0.2, -0.15) is 0 Å². The average Bonchev–Trinajstić information content (AvgIpc) is 2.68. The maximum atomic E-state index is 11.5. The summed E-state index contributed by atoms with van der Waals surface area (Å²) in [4.78, 5) is 15.6. The molecule has 3 rings (SSSR count). The number of carbonyl (C=O) groups excluding carboxylic acids is 1. The first-order chi connectivity index (χ1) is 8.72. The lowest BCUT2D eigenvalue weighted by Gasteiger charge is -2.18. The molecule has 2 heterocycles. The minimum Gasteiger partial charge on any atom is -0.486 e. The van der Waals surface area contributed by atoms with Gasteiger partial charge in [0, 0.05) is 0 Å². The van der Waals surface area contributed by atoms with Crippen LogP contribution in [0, 0.1) is 0 Å². The molecule has 1 aromatic rings. The lowest BCUT2D eigenvalue weighted by molar-refractivity contribution is -0.115. The van der Waals surface area contributed by atoms with E-state index < -0.39 is 0 Å². The van der Waals surface area contributed by atoms with Crippen molar-refractivity contribution in [2.45, 2.75) is 6.92 Å². The number of hydrogen-bond donors (Lipinski definition) is 1. The molecule has 18 heavy (non-hydrogen) atoms. The summed E-state index contributed by atoms with van der Waals surface area (Å²) in [5.74, 6) is 1.87. The van der Waals surface area contributed by atoms with Gasteiger partial charge in [0.25, 0.3) is 5.91 Å². The molecule has 0 aromatic heterocycles. The Morgan fingerprint density at radius 3 is 2.78 bits per heavy atom. The fraction of sp³-hybridized carbons (Fsp3) is 0.231. The summed E-state index contributed by atoms with van der Waals surface area (Å²) >= 11 is 0. The standard InChI is InChI=1S/C13H12N2O3/c1-8-14-10(13(16)15-8)6-9-2-3-11-12(7-9)18-5-4-17-11/h2-3,6-7H,4-5H2,1H3,(H,14,15,16)/b10-6+. The van der Waals surface area contributed by atoms with Crippen molar-refractivity contribution in [1.29, 1.82) is 0 Å². The summed E-state index contributed by atoms with van der Waals surface area (Å²) in [5, 5.41) is 2.64. The summed E-state index contributed by atoms with van der Waals surface area (Å²) in [6.07, 6.45) is 1.73. The van der Waals surface area contributed by atoms with E-state index in [-0.39, 0.29) is 5.91 Å². The third-order valence-electron chi connectivity index (χ3n) is 2.68. The summed E-state index contributed by atoms with van der Waals surface area (Å²) in [7, 11) is 0. The zero-order chi connectivity index (χ0) is 12.5. The van der Waals surface area contributed by atoms with Crippen molar-refractivity contribution in [3.8, 4) is 11.5 Å². The Labute approximate surface area is 104 Å². The van der Waals surface area contributed by atoms with Crippen LogP contribution in [0.2, 0.25) is 0 Å². The fourth-order valence-corrected chi connectivity index (χ4v) is 1.89. The van der Waals surface area contributed by atoms with Crippen molar-refractivity contribution >= 4 is 17.8 Å². The predicted molar refractivity (Wildman–Crippen MR) is 66.7 cm³/mol. The van der Waals surface area contributed by atoms with E-state index in [1.54, 1.807) is 13.0 Å². The zero-order valence-corrected chi connectivity index (χ0v) is 9.90. The molecule has 0 fully saturated rings. The van der Waals surface area contributed by atoms with Crippen LogP contribution in [0.25, 0.3) is 6.08 Å². The largest absolute Gasteiger partial charge is 0.486 e. The van der Waals surface area contributed by atoms with Gasteiger partial charge in [-0.05, 0) is 30.7 Å². The molecule has 0 saturated heterocycles. The molecule has 1 aromatic carbocycles. The Balaban J connectivity index is 1.94. The number of rotatable bonds is 1. The monoisotopic (exact) mass is 244 g/mol. The molecular formula is C13H12N2O3. The molecule has 1 N–H and O–H groups in total. The highest BCUT2D eigenvalue weighted by Gasteiger charge is 2.17. The third-order valence-corrected chi connectivity index (χ3v) is 2.68. The zero-order valence-electron chi connectivity index (χ0n) is 9.90. The number of hydrogen-bond acceptors (Lipinski definition) is 4. The molecule has 1 amide bonds. The second-order valence-electron chi connectivity index (χ2n) is 4.08. The third kappa shape index (κ3) is 1.95. The Bertz CT molecular complexity index is 576. The Hall–Kier alpha value is -2.30. The quantitative estimate of drug-likeness (QED) is 0.758. The molecule has 0 aliphatic carbocycles. The topological polar surface area (TPSA) is 59.9 Å². The van der Waals surface area contributed by atoms with E-state index in [0.717, 1.165) is 11.3 Å². The molecule has 0 bridgehead atoms. The van der Waals surface area contributed by atoms with E-state index in [9.17, 15) is 4.79 Å². The number of carbonyl (C=O) groups is 1. The average molecular weight is 244 g/mol. The molecule has 2 aliphatic rings. The SMILES string of the molecule is CC1=N/C(=C/c2ccc3c(c2)OCCO3)C(=O)N1. The van der Waals surface area contributed by atoms with Crippen molar-refractivity contribution in [3.05, 3.63) is 29.5 Å². The van der Waals surface area contributed by atoms with Gasteiger partial charge in [-0.15, -0.1) is 0 Å². The smallest absolute Gasteiger partial charge is 0.275 e. The second-order valence-corrected chi connectivity index (χ2v) is 4.08. The number of nitrogens with one attached hydrogen (secondary N) is 1. The van der Waals surface area contributed by atoms with Crippen molar-refractivity contribution < 1.29 is 14.3 Å². The number of nitrogens with zero attached hydrogens (tertiary/aromatic N) is 1. The van der Waals surface area contributed by atoms with Crippen molar-refractivity contribution in [2.24, 2.45) is 4.99 Å². The maximum absolute atomic E-state index is 11.5. The molecule has 92 valence electrons. The van der Waals surface area contributed by atoms with Crippen LogP contribution in [0.1, 0.15) is 12.5 Å². The van der Waals surface area contributed by atoms with Crippen LogP contribution in [0.15, 0.2) is 28.9 Å². The van der Waals surface area contributed by atoms with Crippen LogP contribution in [-0.4, -0.2) is 25.0 Å². The van der Waals surface area contributed by atoms with Gasteiger partial charge in [-0.1, -0.05) is 6.07 Å². The van der Waals surface area contributed by atoms with E-state index >= 15 is 0 Å². The predicted octanol–water partition coefficient (Wildman–Crippen LogP) is 1.35. The van der Waals surface area contributed by atoms with Crippen molar-refractivity contribution in [1.82, 2.24) is 5.32 Å². The minimum atomic E-state index is -0.178. The molecular weight excluding hydrogens is 232 g/mol. The van der Waals surface area contributed by atoms with Crippen LogP contribution in [0.3, 0.4) is 0 Å². The second kappa shape index (κ2) is 4.18. The molecule has 5 nitrogen and oxygen atoms in total. The van der Waals surface area contributed by atoms with E-state index in [0.29, 0.717) is 30.5 Å². The molecule has 5 heteroatoms. The highest BCUT2D eigenvalue weighted by atomic mass is 16.6. The first-order valence-corrected chi connectivity index (χ1v) is 5.70. The van der Waals surface area contributed by atoms with E-state index in [1.165, 1.54) is 0 Å². The highest BCUT2D eigenvalue weighted by Crippen LogP contribution is 2.31. The van der Waals surface area contributed by atoms with E-state index in [4.69, 9.17) is 9.47 Å². The molecule has 0 atom stereocenters.